The highest BCUT2D eigenvalue weighted by Crippen LogP contribution is 2.38. The van der Waals surface area contributed by atoms with E-state index in [1.54, 1.807) is 18.5 Å². The second kappa shape index (κ2) is 10.4. The van der Waals surface area contributed by atoms with Gasteiger partial charge in [0.1, 0.15) is 0 Å². The summed E-state index contributed by atoms with van der Waals surface area (Å²) in [7, 11) is 1.41. The molecule has 0 radical (unpaired) electrons. The Balaban J connectivity index is 1.54. The molecule has 1 atom stereocenters. The molecule has 0 unspecified atom stereocenters. The molecule has 5 heteroatoms. The Hall–Kier alpha value is -3.18. The molecule has 1 aliphatic rings. The van der Waals surface area contributed by atoms with Gasteiger partial charge in [0, 0.05) is 30.3 Å². The van der Waals surface area contributed by atoms with Gasteiger partial charge in [0.25, 0.3) is 0 Å². The van der Waals surface area contributed by atoms with E-state index in [0.717, 1.165) is 49.0 Å². The van der Waals surface area contributed by atoms with Crippen molar-refractivity contribution < 1.29 is 14.6 Å². The third-order valence-corrected chi connectivity index (χ3v) is 6.34. The average Bonchev–Trinajstić information content (AvgIpc) is 2.86. The third kappa shape index (κ3) is 4.83. The number of carbonyl (C=O) groups is 1. The van der Waals surface area contributed by atoms with Crippen LogP contribution in [0, 0.1) is 0 Å². The first-order chi connectivity index (χ1) is 15.7. The van der Waals surface area contributed by atoms with E-state index in [9.17, 15) is 9.90 Å². The zero-order valence-corrected chi connectivity index (χ0v) is 18.5. The maximum atomic E-state index is 12.1. The molecular weight excluding hydrogens is 400 g/mol. The Bertz CT molecular complexity index is 1050. The summed E-state index contributed by atoms with van der Waals surface area (Å²) in [5, 5.41) is 9.62. The van der Waals surface area contributed by atoms with Crippen LogP contribution < -0.4 is 4.90 Å². The van der Waals surface area contributed by atoms with E-state index in [1.807, 2.05) is 18.2 Å². The first-order valence-electron chi connectivity index (χ1n) is 11.3. The van der Waals surface area contributed by atoms with Crippen molar-refractivity contribution in [2.45, 2.75) is 38.0 Å². The number of rotatable bonds is 8. The lowest BCUT2D eigenvalue weighted by atomic mass is 9.79. The molecule has 0 bridgehead atoms. The lowest BCUT2D eigenvalue weighted by molar-refractivity contribution is 0.0599. The fourth-order valence-corrected chi connectivity index (χ4v) is 4.75. The van der Waals surface area contributed by atoms with E-state index >= 15 is 0 Å². The van der Waals surface area contributed by atoms with Crippen molar-refractivity contribution in [2.24, 2.45) is 0 Å². The molecular formula is C27H30N2O3. The minimum Gasteiger partial charge on any atom is -0.465 e. The van der Waals surface area contributed by atoms with Gasteiger partial charge in [-0.25, -0.2) is 4.79 Å². The molecule has 2 aromatic carbocycles. The summed E-state index contributed by atoms with van der Waals surface area (Å²) in [6.45, 7) is 0.659. The lowest BCUT2D eigenvalue weighted by Gasteiger charge is -2.29. The number of esters is 1. The molecule has 4 rings (SSSR count). The van der Waals surface area contributed by atoms with Crippen molar-refractivity contribution in [3.63, 3.8) is 0 Å². The smallest absolute Gasteiger partial charge is 0.338 e. The van der Waals surface area contributed by atoms with Gasteiger partial charge in [-0.2, -0.15) is 0 Å². The molecule has 0 saturated heterocycles. The number of pyridine rings is 1. The normalized spacial score (nSPS) is 15.1. The molecule has 0 amide bonds. The first kappa shape index (κ1) is 22.0. The van der Waals surface area contributed by atoms with E-state index in [0.29, 0.717) is 18.0 Å². The number of hydrogen-bond donors (Lipinski definition) is 1. The van der Waals surface area contributed by atoms with Crippen LogP contribution >= 0.6 is 0 Å². The van der Waals surface area contributed by atoms with Crippen LogP contribution in [0.2, 0.25) is 0 Å². The van der Waals surface area contributed by atoms with Gasteiger partial charge in [-0.15, -0.1) is 0 Å². The summed E-state index contributed by atoms with van der Waals surface area (Å²) >= 11 is 0. The second-order valence-electron chi connectivity index (χ2n) is 8.25. The molecule has 0 spiro atoms. The predicted octanol–water partition coefficient (Wildman–Crippen LogP) is 5.05. The van der Waals surface area contributed by atoms with E-state index in [2.05, 4.69) is 40.2 Å². The Morgan fingerprint density at radius 1 is 1.16 bits per heavy atom. The van der Waals surface area contributed by atoms with Gasteiger partial charge in [-0.1, -0.05) is 24.3 Å². The Labute approximate surface area is 189 Å². The summed E-state index contributed by atoms with van der Waals surface area (Å²) in [6, 6.07) is 18.7. The van der Waals surface area contributed by atoms with Crippen LogP contribution in [-0.4, -0.2) is 36.3 Å². The molecule has 0 aliphatic heterocycles. The minimum absolute atomic E-state index is 0.0994. The number of ether oxygens (including phenoxy) is 1. The fourth-order valence-electron chi connectivity index (χ4n) is 4.75. The highest BCUT2D eigenvalue weighted by molar-refractivity contribution is 5.90. The Morgan fingerprint density at radius 2 is 2.00 bits per heavy atom. The standard InChI is InChI=1S/C27H30N2O3/c1-32-27(31)26-14-15-28-19-22(26)11-10-20-6-5-7-21-18-24(12-13-25(20)21)29(16-17-30)23-8-3-2-4-9-23/h2-4,8-9,12-15,18-20,30H,5-7,10-11,16-17H2,1H3/t20-/m0/s1. The topological polar surface area (TPSA) is 62.7 Å². The van der Waals surface area contributed by atoms with Crippen molar-refractivity contribution in [2.75, 3.05) is 25.2 Å². The Morgan fingerprint density at radius 3 is 2.78 bits per heavy atom. The largest absolute Gasteiger partial charge is 0.465 e. The molecule has 1 aromatic heterocycles. The van der Waals surface area contributed by atoms with Crippen LogP contribution in [0.5, 0.6) is 0 Å². The minimum atomic E-state index is -0.305. The molecule has 1 aliphatic carbocycles. The summed E-state index contributed by atoms with van der Waals surface area (Å²) in [5.74, 6) is 0.155. The number of benzene rings is 2. The number of fused-ring (bicyclic) bond motifs is 1. The number of hydrogen-bond acceptors (Lipinski definition) is 5. The van der Waals surface area contributed by atoms with Gasteiger partial charge in [-0.05, 0) is 85.0 Å². The molecule has 3 aromatic rings. The molecule has 1 heterocycles. The summed E-state index contributed by atoms with van der Waals surface area (Å²) in [6.07, 6.45) is 8.57. The number of carbonyl (C=O) groups excluding carboxylic acids is 1. The van der Waals surface area contributed by atoms with E-state index in [1.165, 1.54) is 18.2 Å². The van der Waals surface area contributed by atoms with Crippen molar-refractivity contribution >= 4 is 17.3 Å². The van der Waals surface area contributed by atoms with Crippen molar-refractivity contribution in [3.8, 4) is 0 Å². The van der Waals surface area contributed by atoms with Crippen LogP contribution in [0.4, 0.5) is 11.4 Å². The molecule has 0 fully saturated rings. The van der Waals surface area contributed by atoms with Crippen molar-refractivity contribution in [1.29, 1.82) is 0 Å². The molecule has 32 heavy (non-hydrogen) atoms. The van der Waals surface area contributed by atoms with Crippen LogP contribution in [0.15, 0.2) is 67.0 Å². The number of para-hydroxylation sites is 1. The maximum Gasteiger partial charge on any atom is 0.338 e. The van der Waals surface area contributed by atoms with Crippen molar-refractivity contribution in [3.05, 3.63) is 89.2 Å². The van der Waals surface area contributed by atoms with Crippen LogP contribution in [0.25, 0.3) is 0 Å². The predicted molar refractivity (Wildman–Crippen MR) is 127 cm³/mol. The Kier molecular flexibility index (Phi) is 7.17. The number of aliphatic hydroxyl groups is 1. The molecule has 0 saturated carbocycles. The molecule has 1 N–H and O–H groups in total. The van der Waals surface area contributed by atoms with Gasteiger partial charge < -0.3 is 14.7 Å². The zero-order valence-electron chi connectivity index (χ0n) is 18.5. The number of aromatic nitrogens is 1. The maximum absolute atomic E-state index is 12.1. The van der Waals surface area contributed by atoms with Crippen molar-refractivity contribution in [1.82, 2.24) is 4.98 Å². The number of methoxy groups -OCH3 is 1. The van der Waals surface area contributed by atoms with Crippen LogP contribution in [0.1, 0.15) is 52.2 Å². The summed E-state index contributed by atoms with van der Waals surface area (Å²) < 4.78 is 4.93. The number of nitrogens with zero attached hydrogens (tertiary/aromatic N) is 2. The number of aliphatic hydroxyl groups excluding tert-OH is 1. The number of anilines is 2. The van der Waals surface area contributed by atoms with E-state index < -0.39 is 0 Å². The number of aryl methyl sites for hydroxylation is 2. The second-order valence-corrected chi connectivity index (χ2v) is 8.25. The SMILES string of the molecule is COC(=O)c1ccncc1CC[C@@H]1CCCc2cc(N(CCO)c3ccccc3)ccc21. The monoisotopic (exact) mass is 430 g/mol. The average molecular weight is 431 g/mol. The van der Waals surface area contributed by atoms with E-state index in [4.69, 9.17) is 4.74 Å². The van der Waals surface area contributed by atoms with Gasteiger partial charge in [-0.3, -0.25) is 4.98 Å². The third-order valence-electron chi connectivity index (χ3n) is 6.34. The molecule has 166 valence electrons. The lowest BCUT2D eigenvalue weighted by Crippen LogP contribution is -2.22. The van der Waals surface area contributed by atoms with Gasteiger partial charge in [0.15, 0.2) is 0 Å². The highest BCUT2D eigenvalue weighted by atomic mass is 16.5. The van der Waals surface area contributed by atoms with Crippen LogP contribution in [0.3, 0.4) is 0 Å². The van der Waals surface area contributed by atoms with E-state index in [-0.39, 0.29) is 12.6 Å². The zero-order chi connectivity index (χ0) is 22.3. The molecule has 5 nitrogen and oxygen atoms in total. The summed E-state index contributed by atoms with van der Waals surface area (Å²) in [5.41, 5.74) is 6.54. The first-order valence-corrected chi connectivity index (χ1v) is 11.3. The van der Waals surface area contributed by atoms with Gasteiger partial charge in [0.2, 0.25) is 0 Å². The summed E-state index contributed by atoms with van der Waals surface area (Å²) in [4.78, 5) is 18.5. The quantitative estimate of drug-likeness (QED) is 0.507. The van der Waals surface area contributed by atoms with Crippen LogP contribution in [-0.2, 0) is 17.6 Å². The van der Waals surface area contributed by atoms with Gasteiger partial charge >= 0.3 is 5.97 Å². The highest BCUT2D eigenvalue weighted by Gasteiger charge is 2.22. The van der Waals surface area contributed by atoms with Gasteiger partial charge in [0.05, 0.1) is 19.3 Å². The fraction of sp³-hybridized carbons (Fsp3) is 0.333.